The Hall–Kier alpha value is -2.69. The van der Waals surface area contributed by atoms with Crippen molar-refractivity contribution in [3.63, 3.8) is 0 Å². The van der Waals surface area contributed by atoms with Crippen molar-refractivity contribution in [2.24, 2.45) is 0 Å². The zero-order valence-corrected chi connectivity index (χ0v) is 14.2. The zero-order valence-electron chi connectivity index (χ0n) is 13.4. The van der Waals surface area contributed by atoms with Crippen molar-refractivity contribution in [2.45, 2.75) is 31.0 Å². The molecule has 0 atom stereocenters. The molecule has 1 saturated carbocycles. The van der Waals surface area contributed by atoms with Crippen molar-refractivity contribution < 1.29 is 14.5 Å². The number of aromatic nitrogens is 4. The lowest BCUT2D eigenvalue weighted by atomic mass is 10.2. The number of thioether (sulfide) groups is 1. The fraction of sp³-hybridized carbons (Fsp3) is 0.429. The molecule has 0 bridgehead atoms. The number of benzene rings is 1. The molecule has 0 saturated heterocycles. The van der Waals surface area contributed by atoms with E-state index in [1.807, 2.05) is 0 Å². The molecule has 1 heterocycles. The number of tetrazole rings is 1. The highest BCUT2D eigenvalue weighted by Gasteiger charge is 2.28. The van der Waals surface area contributed by atoms with Gasteiger partial charge in [0.1, 0.15) is 11.4 Å². The van der Waals surface area contributed by atoms with Gasteiger partial charge in [0, 0.05) is 0 Å². The molecular formula is C14H16N6O4S. The number of hydrogen-bond donors (Lipinski definition) is 1. The Morgan fingerprint density at radius 1 is 1.52 bits per heavy atom. The highest BCUT2D eigenvalue weighted by Crippen LogP contribution is 2.36. The van der Waals surface area contributed by atoms with Crippen LogP contribution in [0.3, 0.4) is 0 Å². The molecule has 132 valence electrons. The number of ether oxygens (including phenoxy) is 1. The average Bonchev–Trinajstić information content (AvgIpc) is 3.32. The number of amides is 1. The first-order valence-electron chi connectivity index (χ1n) is 7.70. The SMILES string of the molecule is CCOc1ccc(NC(=O)CSc2nnnn2C2CC2)c([N+](=O)[O-])c1. The van der Waals surface area contributed by atoms with E-state index in [1.54, 1.807) is 17.7 Å². The molecule has 25 heavy (non-hydrogen) atoms. The molecule has 10 nitrogen and oxygen atoms in total. The van der Waals surface area contributed by atoms with Gasteiger partial charge in [-0.2, -0.15) is 0 Å². The van der Waals surface area contributed by atoms with E-state index in [0.717, 1.165) is 12.8 Å². The van der Waals surface area contributed by atoms with Crippen LogP contribution < -0.4 is 10.1 Å². The minimum absolute atomic E-state index is 0.0530. The Kier molecular flexibility index (Phi) is 5.12. The molecular weight excluding hydrogens is 348 g/mol. The molecule has 11 heteroatoms. The van der Waals surface area contributed by atoms with Gasteiger partial charge in [0.2, 0.25) is 11.1 Å². The Labute approximate surface area is 147 Å². The van der Waals surface area contributed by atoms with Gasteiger partial charge in [-0.05, 0) is 42.3 Å². The summed E-state index contributed by atoms with van der Waals surface area (Å²) in [7, 11) is 0. The van der Waals surface area contributed by atoms with Crippen molar-refractivity contribution >= 4 is 29.0 Å². The highest BCUT2D eigenvalue weighted by atomic mass is 32.2. The number of hydrogen-bond acceptors (Lipinski definition) is 8. The van der Waals surface area contributed by atoms with Gasteiger partial charge < -0.3 is 10.1 Å². The Bertz CT molecular complexity index is 791. The van der Waals surface area contributed by atoms with E-state index in [1.165, 1.54) is 23.9 Å². The number of carbonyl (C=O) groups excluding carboxylic acids is 1. The molecule has 0 spiro atoms. The van der Waals surface area contributed by atoms with Crippen LogP contribution in [0.25, 0.3) is 0 Å². The van der Waals surface area contributed by atoms with Crippen molar-refractivity contribution in [1.82, 2.24) is 20.2 Å². The molecule has 1 aromatic carbocycles. The minimum Gasteiger partial charge on any atom is -0.494 e. The first-order valence-corrected chi connectivity index (χ1v) is 8.68. The maximum absolute atomic E-state index is 12.1. The first kappa shape index (κ1) is 17.1. The standard InChI is InChI=1S/C14H16N6O4S/c1-2-24-10-5-6-11(12(7-10)20(22)23)15-13(21)8-25-14-16-17-18-19(14)9-3-4-9/h5-7,9H,2-4,8H2,1H3,(H,15,21). The predicted molar refractivity (Wildman–Crippen MR) is 89.7 cm³/mol. The molecule has 3 rings (SSSR count). The van der Waals surface area contributed by atoms with E-state index < -0.39 is 4.92 Å². The largest absolute Gasteiger partial charge is 0.494 e. The molecule has 1 aliphatic rings. The lowest BCUT2D eigenvalue weighted by Crippen LogP contribution is -2.15. The van der Waals surface area contributed by atoms with Gasteiger partial charge in [0.25, 0.3) is 5.69 Å². The number of nitrogens with one attached hydrogen (secondary N) is 1. The summed E-state index contributed by atoms with van der Waals surface area (Å²) >= 11 is 1.20. The van der Waals surface area contributed by atoms with Crippen LogP contribution in [-0.2, 0) is 4.79 Å². The van der Waals surface area contributed by atoms with Gasteiger partial charge in [-0.3, -0.25) is 14.9 Å². The molecule has 1 amide bonds. The third kappa shape index (κ3) is 4.24. The highest BCUT2D eigenvalue weighted by molar-refractivity contribution is 7.99. The van der Waals surface area contributed by atoms with E-state index in [9.17, 15) is 14.9 Å². The Balaban J connectivity index is 1.64. The van der Waals surface area contributed by atoms with Crippen LogP contribution in [0.1, 0.15) is 25.8 Å². The summed E-state index contributed by atoms with van der Waals surface area (Å²) in [4.78, 5) is 22.8. The van der Waals surface area contributed by atoms with E-state index in [2.05, 4.69) is 20.8 Å². The van der Waals surface area contributed by atoms with Crippen LogP contribution in [0.2, 0.25) is 0 Å². The normalized spacial score (nSPS) is 13.5. The van der Waals surface area contributed by atoms with Crippen LogP contribution in [0, 0.1) is 10.1 Å². The second-order valence-electron chi connectivity index (χ2n) is 5.34. The summed E-state index contributed by atoms with van der Waals surface area (Å²) in [5, 5.41) is 25.7. The summed E-state index contributed by atoms with van der Waals surface area (Å²) in [6.07, 6.45) is 2.06. The second kappa shape index (κ2) is 7.47. The van der Waals surface area contributed by atoms with E-state index in [-0.39, 0.29) is 23.0 Å². The van der Waals surface area contributed by atoms with Crippen molar-refractivity contribution in [3.8, 4) is 5.75 Å². The lowest BCUT2D eigenvalue weighted by Gasteiger charge is -2.08. The van der Waals surface area contributed by atoms with E-state index in [4.69, 9.17) is 4.74 Å². The van der Waals surface area contributed by atoms with Crippen LogP contribution in [-0.4, -0.2) is 43.4 Å². The molecule has 0 radical (unpaired) electrons. The molecule has 1 aliphatic carbocycles. The summed E-state index contributed by atoms with van der Waals surface area (Å²) in [6, 6.07) is 4.64. The molecule has 1 N–H and O–H groups in total. The van der Waals surface area contributed by atoms with Crippen LogP contribution in [0.15, 0.2) is 23.4 Å². The van der Waals surface area contributed by atoms with E-state index >= 15 is 0 Å². The van der Waals surface area contributed by atoms with Crippen LogP contribution >= 0.6 is 11.8 Å². The number of carbonyl (C=O) groups is 1. The molecule has 1 aromatic heterocycles. The van der Waals surface area contributed by atoms with Gasteiger partial charge >= 0.3 is 0 Å². The zero-order chi connectivity index (χ0) is 17.8. The summed E-state index contributed by atoms with van der Waals surface area (Å²) < 4.78 is 6.95. The number of nitro benzene ring substituents is 1. The van der Waals surface area contributed by atoms with Gasteiger partial charge in [-0.15, -0.1) is 5.10 Å². The minimum atomic E-state index is -0.557. The number of nitrogens with zero attached hydrogens (tertiary/aromatic N) is 5. The van der Waals surface area contributed by atoms with Gasteiger partial charge in [-0.25, -0.2) is 4.68 Å². The first-order chi connectivity index (χ1) is 12.1. The van der Waals surface area contributed by atoms with Crippen molar-refractivity contribution in [3.05, 3.63) is 28.3 Å². The molecule has 1 fully saturated rings. The maximum atomic E-state index is 12.1. The fourth-order valence-electron chi connectivity index (χ4n) is 2.17. The van der Waals surface area contributed by atoms with Gasteiger partial charge in [0.05, 0.1) is 29.4 Å². The molecule has 0 unspecified atom stereocenters. The third-order valence-corrected chi connectivity index (χ3v) is 4.37. The number of nitro groups is 1. The third-order valence-electron chi connectivity index (χ3n) is 3.44. The summed E-state index contributed by atoms with van der Waals surface area (Å²) in [5.74, 6) is 0.0602. The van der Waals surface area contributed by atoms with Crippen molar-refractivity contribution in [2.75, 3.05) is 17.7 Å². The number of rotatable bonds is 8. The lowest BCUT2D eigenvalue weighted by molar-refractivity contribution is -0.384. The van der Waals surface area contributed by atoms with Crippen molar-refractivity contribution in [1.29, 1.82) is 0 Å². The number of anilines is 1. The fourth-order valence-corrected chi connectivity index (χ4v) is 2.91. The smallest absolute Gasteiger partial charge is 0.296 e. The molecule has 2 aromatic rings. The summed E-state index contributed by atoms with van der Waals surface area (Å²) in [5.41, 5.74) is -0.0899. The Morgan fingerprint density at radius 2 is 2.32 bits per heavy atom. The van der Waals surface area contributed by atoms with E-state index in [0.29, 0.717) is 23.6 Å². The Morgan fingerprint density at radius 3 is 3.00 bits per heavy atom. The summed E-state index contributed by atoms with van der Waals surface area (Å²) in [6.45, 7) is 2.18. The second-order valence-corrected chi connectivity index (χ2v) is 6.29. The topological polar surface area (TPSA) is 125 Å². The maximum Gasteiger partial charge on any atom is 0.296 e. The predicted octanol–water partition coefficient (Wildman–Crippen LogP) is 2.05. The quantitative estimate of drug-likeness (QED) is 0.428. The monoisotopic (exact) mass is 364 g/mol. The molecule has 0 aliphatic heterocycles. The van der Waals surface area contributed by atoms with Crippen LogP contribution in [0.4, 0.5) is 11.4 Å². The van der Waals surface area contributed by atoms with Gasteiger partial charge in [0.15, 0.2) is 0 Å². The average molecular weight is 364 g/mol. The van der Waals surface area contributed by atoms with Gasteiger partial charge in [-0.1, -0.05) is 11.8 Å². The van der Waals surface area contributed by atoms with Crippen LogP contribution in [0.5, 0.6) is 5.75 Å².